The van der Waals surface area contributed by atoms with E-state index in [4.69, 9.17) is 14.2 Å². The third-order valence-electron chi connectivity index (χ3n) is 2.78. The number of hydrogen-bond acceptors (Lipinski definition) is 5. The maximum absolute atomic E-state index is 9.77. The molecule has 0 radical (unpaired) electrons. The molecule has 0 bridgehead atoms. The highest BCUT2D eigenvalue weighted by Gasteiger charge is 2.18. The number of aliphatic hydroxyl groups excluding tert-OH is 1. The predicted octanol–water partition coefficient (Wildman–Crippen LogP) is 0.423. The summed E-state index contributed by atoms with van der Waals surface area (Å²) >= 11 is 0. The van der Waals surface area contributed by atoms with Crippen LogP contribution in [0, 0.1) is 0 Å². The van der Waals surface area contributed by atoms with Gasteiger partial charge in [-0.1, -0.05) is 12.1 Å². The van der Waals surface area contributed by atoms with Crippen molar-refractivity contribution in [2.45, 2.75) is 12.1 Å². The van der Waals surface area contributed by atoms with Gasteiger partial charge in [0.1, 0.15) is 12.7 Å². The molecule has 100 valence electrons. The molecule has 0 aromatic heterocycles. The van der Waals surface area contributed by atoms with Crippen LogP contribution in [-0.2, 0) is 4.74 Å². The number of hydrogen-bond donors (Lipinski definition) is 2. The van der Waals surface area contributed by atoms with Gasteiger partial charge in [-0.05, 0) is 12.1 Å². The van der Waals surface area contributed by atoms with E-state index in [1.54, 1.807) is 7.11 Å². The van der Waals surface area contributed by atoms with Crippen LogP contribution in [0.1, 0.15) is 0 Å². The molecule has 18 heavy (non-hydrogen) atoms. The monoisotopic (exact) mass is 253 g/mol. The molecule has 0 amide bonds. The maximum Gasteiger partial charge on any atom is 0.161 e. The molecule has 1 atom stereocenters. The van der Waals surface area contributed by atoms with Gasteiger partial charge in [0.15, 0.2) is 11.5 Å². The fraction of sp³-hybridized carbons (Fsp3) is 0.538. The van der Waals surface area contributed by atoms with E-state index >= 15 is 0 Å². The molecule has 1 aromatic rings. The van der Waals surface area contributed by atoms with Crippen molar-refractivity contribution in [2.24, 2.45) is 0 Å². The minimum absolute atomic E-state index is 0.237. The van der Waals surface area contributed by atoms with Crippen LogP contribution in [0.4, 0.5) is 0 Å². The van der Waals surface area contributed by atoms with Crippen molar-refractivity contribution in [3.8, 4) is 11.5 Å². The molecule has 5 heteroatoms. The van der Waals surface area contributed by atoms with E-state index in [9.17, 15) is 5.11 Å². The van der Waals surface area contributed by atoms with Crippen molar-refractivity contribution >= 4 is 0 Å². The molecule has 0 spiro atoms. The quantitative estimate of drug-likeness (QED) is 0.737. The van der Waals surface area contributed by atoms with Gasteiger partial charge in [-0.2, -0.15) is 0 Å². The summed E-state index contributed by atoms with van der Waals surface area (Å²) in [5.41, 5.74) is 0. The van der Waals surface area contributed by atoms with Crippen LogP contribution >= 0.6 is 0 Å². The Morgan fingerprint density at radius 3 is 2.72 bits per heavy atom. The zero-order chi connectivity index (χ0) is 12.8. The highest BCUT2D eigenvalue weighted by Crippen LogP contribution is 2.25. The Morgan fingerprint density at radius 2 is 2.11 bits per heavy atom. The Balaban J connectivity index is 1.72. The molecule has 1 unspecified atom stereocenters. The molecular weight excluding hydrogens is 234 g/mol. The lowest BCUT2D eigenvalue weighted by Crippen LogP contribution is -2.49. The summed E-state index contributed by atoms with van der Waals surface area (Å²) in [5.74, 6) is 1.32. The normalized spacial score (nSPS) is 17.0. The van der Waals surface area contributed by atoms with Gasteiger partial charge in [0.05, 0.1) is 26.4 Å². The number of nitrogens with one attached hydrogen (secondary N) is 1. The van der Waals surface area contributed by atoms with Gasteiger partial charge in [-0.15, -0.1) is 0 Å². The zero-order valence-corrected chi connectivity index (χ0v) is 10.5. The molecule has 0 aliphatic carbocycles. The molecule has 1 aromatic carbocycles. The fourth-order valence-electron chi connectivity index (χ4n) is 1.64. The SMILES string of the molecule is COc1ccccc1OCC(O)CNC1COC1. The predicted molar refractivity (Wildman–Crippen MR) is 67.1 cm³/mol. The van der Waals surface area contributed by atoms with E-state index in [0.29, 0.717) is 24.1 Å². The molecule has 1 heterocycles. The number of aliphatic hydroxyl groups is 1. The van der Waals surface area contributed by atoms with Crippen LogP contribution in [0.15, 0.2) is 24.3 Å². The summed E-state index contributed by atoms with van der Waals surface area (Å²) < 4.78 is 15.7. The van der Waals surface area contributed by atoms with Crippen LogP contribution in [0.25, 0.3) is 0 Å². The second kappa shape index (κ2) is 6.58. The van der Waals surface area contributed by atoms with E-state index in [-0.39, 0.29) is 6.61 Å². The van der Waals surface area contributed by atoms with E-state index in [0.717, 1.165) is 13.2 Å². The van der Waals surface area contributed by atoms with Gasteiger partial charge < -0.3 is 24.6 Å². The summed E-state index contributed by atoms with van der Waals surface area (Å²) in [6.45, 7) is 2.18. The van der Waals surface area contributed by atoms with Crippen LogP contribution in [-0.4, -0.2) is 50.7 Å². The number of rotatable bonds is 7. The van der Waals surface area contributed by atoms with Gasteiger partial charge in [-0.25, -0.2) is 0 Å². The lowest BCUT2D eigenvalue weighted by atomic mass is 10.2. The summed E-state index contributed by atoms with van der Waals surface area (Å²) in [6.07, 6.45) is -0.546. The van der Waals surface area contributed by atoms with Gasteiger partial charge >= 0.3 is 0 Å². The average Bonchev–Trinajstić information content (AvgIpc) is 2.35. The Kier molecular flexibility index (Phi) is 4.81. The fourth-order valence-corrected chi connectivity index (χ4v) is 1.64. The minimum atomic E-state index is -0.546. The molecular formula is C13H19NO4. The Hall–Kier alpha value is -1.30. The zero-order valence-electron chi connectivity index (χ0n) is 10.5. The van der Waals surface area contributed by atoms with Crippen molar-refractivity contribution in [1.82, 2.24) is 5.32 Å². The Labute approximate surface area is 107 Å². The second-order valence-corrected chi connectivity index (χ2v) is 4.26. The average molecular weight is 253 g/mol. The topological polar surface area (TPSA) is 60.0 Å². The third kappa shape index (κ3) is 3.60. The number of para-hydroxylation sites is 2. The summed E-state index contributed by atoms with van der Waals surface area (Å²) in [4.78, 5) is 0. The van der Waals surface area contributed by atoms with Crippen LogP contribution in [0.5, 0.6) is 11.5 Å². The lowest BCUT2D eigenvalue weighted by molar-refractivity contribution is -0.0119. The highest BCUT2D eigenvalue weighted by molar-refractivity contribution is 5.39. The summed E-state index contributed by atoms with van der Waals surface area (Å²) in [5, 5.41) is 13.0. The van der Waals surface area contributed by atoms with Gasteiger partial charge in [-0.3, -0.25) is 0 Å². The first-order chi connectivity index (χ1) is 8.79. The molecule has 1 aliphatic heterocycles. The van der Waals surface area contributed by atoms with Crippen molar-refractivity contribution < 1.29 is 19.3 Å². The van der Waals surface area contributed by atoms with Gasteiger partial charge in [0.25, 0.3) is 0 Å². The molecule has 1 fully saturated rings. The first kappa shape index (κ1) is 13.1. The standard InChI is InChI=1S/C13H19NO4/c1-16-12-4-2-3-5-13(12)18-9-11(15)6-14-10-7-17-8-10/h2-5,10-11,14-15H,6-9H2,1H3. The van der Waals surface area contributed by atoms with E-state index < -0.39 is 6.10 Å². The molecule has 1 aliphatic rings. The van der Waals surface area contributed by atoms with Crippen molar-refractivity contribution in [1.29, 1.82) is 0 Å². The Bertz CT molecular complexity index is 368. The Morgan fingerprint density at radius 1 is 1.39 bits per heavy atom. The molecule has 1 saturated heterocycles. The molecule has 0 saturated carbocycles. The van der Waals surface area contributed by atoms with E-state index in [1.165, 1.54) is 0 Å². The van der Waals surface area contributed by atoms with Crippen molar-refractivity contribution in [3.63, 3.8) is 0 Å². The number of ether oxygens (including phenoxy) is 3. The van der Waals surface area contributed by atoms with Crippen LogP contribution in [0.3, 0.4) is 0 Å². The van der Waals surface area contributed by atoms with E-state index in [2.05, 4.69) is 5.32 Å². The maximum atomic E-state index is 9.77. The minimum Gasteiger partial charge on any atom is -0.493 e. The molecule has 2 N–H and O–H groups in total. The van der Waals surface area contributed by atoms with Crippen LogP contribution < -0.4 is 14.8 Å². The summed E-state index contributed by atoms with van der Waals surface area (Å²) in [7, 11) is 1.59. The first-order valence-corrected chi connectivity index (χ1v) is 6.04. The largest absolute Gasteiger partial charge is 0.493 e. The van der Waals surface area contributed by atoms with E-state index in [1.807, 2.05) is 24.3 Å². The van der Waals surface area contributed by atoms with Gasteiger partial charge in [0, 0.05) is 6.54 Å². The lowest BCUT2D eigenvalue weighted by Gasteiger charge is -2.28. The first-order valence-electron chi connectivity index (χ1n) is 6.04. The number of benzene rings is 1. The van der Waals surface area contributed by atoms with Crippen molar-refractivity contribution in [3.05, 3.63) is 24.3 Å². The smallest absolute Gasteiger partial charge is 0.161 e. The molecule has 5 nitrogen and oxygen atoms in total. The van der Waals surface area contributed by atoms with Gasteiger partial charge in [0.2, 0.25) is 0 Å². The highest BCUT2D eigenvalue weighted by atomic mass is 16.5. The number of methoxy groups -OCH3 is 1. The molecule has 2 rings (SSSR count). The third-order valence-corrected chi connectivity index (χ3v) is 2.78. The second-order valence-electron chi connectivity index (χ2n) is 4.26. The van der Waals surface area contributed by atoms with Crippen molar-refractivity contribution in [2.75, 3.05) is 33.5 Å². The van der Waals surface area contributed by atoms with Crippen LogP contribution in [0.2, 0.25) is 0 Å². The summed E-state index contributed by atoms with van der Waals surface area (Å²) in [6, 6.07) is 7.75.